The highest BCUT2D eigenvalue weighted by Gasteiger charge is 2.29. The summed E-state index contributed by atoms with van der Waals surface area (Å²) in [4.78, 5) is 11.6. The van der Waals surface area contributed by atoms with E-state index in [1.807, 2.05) is 12.4 Å². The summed E-state index contributed by atoms with van der Waals surface area (Å²) in [5.41, 5.74) is 1.12. The van der Waals surface area contributed by atoms with Crippen LogP contribution in [0.4, 0.5) is 19.0 Å². The summed E-state index contributed by atoms with van der Waals surface area (Å²) in [6.07, 6.45) is 2.98. The number of aromatic amines is 1. The van der Waals surface area contributed by atoms with Crippen molar-refractivity contribution >= 4 is 27.4 Å². The van der Waals surface area contributed by atoms with Crippen molar-refractivity contribution in [2.45, 2.75) is 44.4 Å². The topological polar surface area (TPSA) is 69.7 Å². The van der Waals surface area contributed by atoms with Crippen LogP contribution in [0.25, 0.3) is 10.2 Å². The molecule has 2 N–H and O–H groups in total. The fourth-order valence-corrected chi connectivity index (χ4v) is 4.60. The summed E-state index contributed by atoms with van der Waals surface area (Å²) in [5.74, 6) is 0.741. The van der Waals surface area contributed by atoms with Crippen molar-refractivity contribution in [2.24, 2.45) is 0 Å². The standard InChI is InChI=1S/C18H21F3N6S/c19-18(20,21)7-14-6-15-16(23-11-24-17(15)28-14)27-4-1-2-13(3-5-27)22-8-12-9-25-26-10-12/h6,9-11,13,22H,1-5,7-8H2,(H,25,26)/t13-/m1/s1. The molecule has 0 spiro atoms. The molecule has 6 nitrogen and oxygen atoms in total. The van der Waals surface area contributed by atoms with E-state index in [-0.39, 0.29) is 4.88 Å². The number of fused-ring (bicyclic) bond motifs is 1. The van der Waals surface area contributed by atoms with Gasteiger partial charge < -0.3 is 10.2 Å². The summed E-state index contributed by atoms with van der Waals surface area (Å²) < 4.78 is 38.2. The number of aromatic nitrogens is 4. The Hall–Kier alpha value is -2.20. The molecule has 3 aromatic heterocycles. The maximum atomic E-state index is 12.7. The Kier molecular flexibility index (Phi) is 5.49. The summed E-state index contributed by atoms with van der Waals surface area (Å²) >= 11 is 1.10. The number of hydrogen-bond acceptors (Lipinski definition) is 6. The van der Waals surface area contributed by atoms with Gasteiger partial charge in [0.1, 0.15) is 17.0 Å². The van der Waals surface area contributed by atoms with Crippen LogP contribution in [0.3, 0.4) is 0 Å². The van der Waals surface area contributed by atoms with Crippen molar-refractivity contribution in [1.29, 1.82) is 0 Å². The lowest BCUT2D eigenvalue weighted by Crippen LogP contribution is -2.30. The van der Waals surface area contributed by atoms with Gasteiger partial charge in [0.25, 0.3) is 0 Å². The Labute approximate surface area is 164 Å². The third kappa shape index (κ3) is 4.61. The van der Waals surface area contributed by atoms with Crippen LogP contribution >= 0.6 is 11.3 Å². The Morgan fingerprint density at radius 1 is 1.25 bits per heavy atom. The van der Waals surface area contributed by atoms with Gasteiger partial charge in [-0.1, -0.05) is 0 Å². The van der Waals surface area contributed by atoms with Crippen LogP contribution in [0.1, 0.15) is 29.7 Å². The second-order valence-corrected chi connectivity index (χ2v) is 8.14. The zero-order valence-electron chi connectivity index (χ0n) is 15.2. The van der Waals surface area contributed by atoms with Crippen LogP contribution in [0.15, 0.2) is 24.8 Å². The summed E-state index contributed by atoms with van der Waals surface area (Å²) in [7, 11) is 0. The van der Waals surface area contributed by atoms with E-state index in [0.717, 1.165) is 67.0 Å². The van der Waals surface area contributed by atoms with E-state index in [9.17, 15) is 13.2 Å². The highest BCUT2D eigenvalue weighted by atomic mass is 32.1. The third-order valence-electron chi connectivity index (χ3n) is 4.91. The molecule has 0 aromatic carbocycles. The lowest BCUT2D eigenvalue weighted by Gasteiger charge is -2.22. The van der Waals surface area contributed by atoms with E-state index in [1.54, 1.807) is 6.07 Å². The first-order valence-electron chi connectivity index (χ1n) is 9.24. The number of rotatable bonds is 5. The molecule has 0 bridgehead atoms. The number of thiophene rings is 1. The Balaban J connectivity index is 1.45. The van der Waals surface area contributed by atoms with Crippen molar-refractivity contribution in [2.75, 3.05) is 18.0 Å². The molecule has 0 amide bonds. The number of alkyl halides is 3. The fraction of sp³-hybridized carbons (Fsp3) is 0.500. The molecule has 10 heteroatoms. The second kappa shape index (κ2) is 8.04. The summed E-state index contributed by atoms with van der Waals surface area (Å²) in [6.45, 7) is 2.41. The smallest absolute Gasteiger partial charge is 0.356 e. The molecule has 1 fully saturated rings. The molecule has 28 heavy (non-hydrogen) atoms. The van der Waals surface area contributed by atoms with Crippen LogP contribution < -0.4 is 10.2 Å². The van der Waals surface area contributed by atoms with E-state index in [0.29, 0.717) is 10.9 Å². The molecule has 4 rings (SSSR count). The maximum absolute atomic E-state index is 12.7. The van der Waals surface area contributed by atoms with Crippen LogP contribution in [0.2, 0.25) is 0 Å². The van der Waals surface area contributed by atoms with Gasteiger partial charge in [0.05, 0.1) is 18.0 Å². The van der Waals surface area contributed by atoms with E-state index in [2.05, 4.69) is 30.4 Å². The number of anilines is 1. The minimum atomic E-state index is -4.22. The Morgan fingerprint density at radius 3 is 2.93 bits per heavy atom. The molecule has 4 heterocycles. The number of H-pyrrole nitrogens is 1. The molecule has 0 aliphatic carbocycles. The van der Waals surface area contributed by atoms with Gasteiger partial charge in [0.15, 0.2) is 0 Å². The van der Waals surface area contributed by atoms with E-state index < -0.39 is 12.6 Å². The molecule has 1 aliphatic rings. The first-order chi connectivity index (χ1) is 13.5. The molecular formula is C18H21F3N6S. The van der Waals surface area contributed by atoms with Crippen molar-refractivity contribution in [1.82, 2.24) is 25.5 Å². The molecular weight excluding hydrogens is 389 g/mol. The van der Waals surface area contributed by atoms with Gasteiger partial charge >= 0.3 is 6.18 Å². The second-order valence-electron chi connectivity index (χ2n) is 7.02. The normalized spacial score (nSPS) is 18.5. The number of nitrogens with zero attached hydrogens (tertiary/aromatic N) is 4. The zero-order chi connectivity index (χ0) is 19.6. The van der Waals surface area contributed by atoms with Gasteiger partial charge in [-0.3, -0.25) is 5.10 Å². The molecule has 1 saturated heterocycles. The predicted molar refractivity (Wildman–Crippen MR) is 102 cm³/mol. The van der Waals surface area contributed by atoms with Crippen LogP contribution in [0, 0.1) is 0 Å². The number of nitrogens with one attached hydrogen (secondary N) is 2. The van der Waals surface area contributed by atoms with Gasteiger partial charge in [-0.05, 0) is 25.3 Å². The average Bonchev–Trinajstić information content (AvgIpc) is 3.23. The van der Waals surface area contributed by atoms with Crippen LogP contribution in [-0.4, -0.2) is 45.5 Å². The molecule has 1 aliphatic heterocycles. The molecule has 0 radical (unpaired) electrons. The first-order valence-corrected chi connectivity index (χ1v) is 10.1. The summed E-state index contributed by atoms with van der Waals surface area (Å²) in [5, 5.41) is 11.0. The summed E-state index contributed by atoms with van der Waals surface area (Å²) in [6, 6.07) is 1.99. The first kappa shape index (κ1) is 19.1. The van der Waals surface area contributed by atoms with Crippen LogP contribution in [0.5, 0.6) is 0 Å². The molecule has 0 saturated carbocycles. The predicted octanol–water partition coefficient (Wildman–Crippen LogP) is 3.67. The maximum Gasteiger partial charge on any atom is 0.393 e. The van der Waals surface area contributed by atoms with E-state index >= 15 is 0 Å². The molecule has 0 unspecified atom stereocenters. The third-order valence-corrected chi connectivity index (χ3v) is 5.95. The monoisotopic (exact) mass is 410 g/mol. The SMILES string of the molecule is FC(F)(F)Cc1cc2c(N3CCC[C@@H](NCc4cn[nH]c4)CC3)ncnc2s1. The zero-order valence-corrected chi connectivity index (χ0v) is 16.0. The van der Waals surface area contributed by atoms with E-state index in [4.69, 9.17) is 0 Å². The van der Waals surface area contributed by atoms with Crippen molar-refractivity contribution in [3.8, 4) is 0 Å². The minimum Gasteiger partial charge on any atom is -0.356 e. The van der Waals surface area contributed by atoms with Gasteiger partial charge in [-0.2, -0.15) is 18.3 Å². The van der Waals surface area contributed by atoms with Crippen molar-refractivity contribution in [3.05, 3.63) is 35.2 Å². The van der Waals surface area contributed by atoms with Crippen molar-refractivity contribution in [3.63, 3.8) is 0 Å². The fourth-order valence-electron chi connectivity index (χ4n) is 3.58. The molecule has 3 aromatic rings. The molecule has 150 valence electrons. The van der Waals surface area contributed by atoms with Crippen LogP contribution in [-0.2, 0) is 13.0 Å². The largest absolute Gasteiger partial charge is 0.393 e. The van der Waals surface area contributed by atoms with E-state index in [1.165, 1.54) is 6.33 Å². The minimum absolute atomic E-state index is 0.277. The average molecular weight is 410 g/mol. The van der Waals surface area contributed by atoms with Gasteiger partial charge in [0, 0.05) is 42.3 Å². The molecule has 1 atom stereocenters. The van der Waals surface area contributed by atoms with Gasteiger partial charge in [-0.25, -0.2) is 9.97 Å². The Morgan fingerprint density at radius 2 is 2.14 bits per heavy atom. The van der Waals surface area contributed by atoms with Gasteiger partial charge in [-0.15, -0.1) is 11.3 Å². The lowest BCUT2D eigenvalue weighted by atomic mass is 10.1. The number of hydrogen-bond donors (Lipinski definition) is 2. The van der Waals surface area contributed by atoms with Gasteiger partial charge in [0.2, 0.25) is 0 Å². The van der Waals surface area contributed by atoms with Crippen molar-refractivity contribution < 1.29 is 13.2 Å². The Bertz CT molecular complexity index is 908. The number of halogens is 3. The highest BCUT2D eigenvalue weighted by molar-refractivity contribution is 7.18. The lowest BCUT2D eigenvalue weighted by molar-refractivity contribution is -0.126. The highest BCUT2D eigenvalue weighted by Crippen LogP contribution is 2.34. The quantitative estimate of drug-likeness (QED) is 0.672.